The van der Waals surface area contributed by atoms with Gasteiger partial charge >= 0.3 is 19.8 Å². The lowest BCUT2D eigenvalue weighted by Crippen LogP contribution is -2.29. The first-order valence-corrected chi connectivity index (χ1v) is 22.8. The van der Waals surface area contributed by atoms with Gasteiger partial charge in [0, 0.05) is 12.8 Å². The van der Waals surface area contributed by atoms with Crippen LogP contribution in [0, 0.1) is 0 Å². The highest BCUT2D eigenvalue weighted by atomic mass is 31.2. The smallest absolute Gasteiger partial charge is 0.462 e. The summed E-state index contributed by atoms with van der Waals surface area (Å²) in [5.74, 6) is -0.925. The van der Waals surface area contributed by atoms with Gasteiger partial charge in [0.1, 0.15) is 12.7 Å². The number of phosphoric acid groups is 1. The van der Waals surface area contributed by atoms with Crippen molar-refractivity contribution in [3.63, 3.8) is 0 Å². The Hall–Kier alpha value is -1.55. The third-order valence-electron chi connectivity index (χ3n) is 9.11. The van der Waals surface area contributed by atoms with Crippen molar-refractivity contribution in [1.29, 1.82) is 0 Å². The van der Waals surface area contributed by atoms with E-state index in [-0.39, 0.29) is 19.4 Å². The maximum atomic E-state index is 12.6. The van der Waals surface area contributed by atoms with Crippen molar-refractivity contribution < 1.29 is 47.8 Å². The van der Waals surface area contributed by atoms with Crippen LogP contribution in [0.3, 0.4) is 0 Å². The van der Waals surface area contributed by atoms with E-state index in [1.807, 2.05) is 0 Å². The molecule has 0 fully saturated rings. The fourth-order valence-electron chi connectivity index (χ4n) is 5.79. The normalized spacial score (nSPS) is 14.1. The average Bonchev–Trinajstić information content (AvgIpc) is 3.14. The van der Waals surface area contributed by atoms with Crippen molar-refractivity contribution in [3.8, 4) is 0 Å². The van der Waals surface area contributed by atoms with Gasteiger partial charge in [0.05, 0.1) is 19.8 Å². The van der Waals surface area contributed by atoms with Crippen LogP contribution in [0.1, 0.15) is 194 Å². The van der Waals surface area contributed by atoms with Crippen molar-refractivity contribution in [2.45, 2.75) is 206 Å². The van der Waals surface area contributed by atoms with Gasteiger partial charge in [-0.1, -0.05) is 160 Å². The molecule has 0 aliphatic rings. The van der Waals surface area contributed by atoms with Gasteiger partial charge in [0.15, 0.2) is 6.10 Å². The number of rotatable bonds is 40. The molecule has 53 heavy (non-hydrogen) atoms. The van der Waals surface area contributed by atoms with Gasteiger partial charge in [0.2, 0.25) is 0 Å². The topological polar surface area (TPSA) is 149 Å². The maximum absolute atomic E-state index is 12.6. The van der Waals surface area contributed by atoms with Crippen LogP contribution in [0.5, 0.6) is 0 Å². The zero-order valence-corrected chi connectivity index (χ0v) is 34.6. The molecule has 11 heteroatoms. The van der Waals surface area contributed by atoms with E-state index in [0.717, 1.165) is 51.4 Å². The number of hydrogen-bond donors (Lipinski definition) is 3. The molecule has 0 amide bonds. The first kappa shape index (κ1) is 51.5. The van der Waals surface area contributed by atoms with Crippen LogP contribution < -0.4 is 0 Å². The fraction of sp³-hybridized carbons (Fsp3) is 0.857. The highest BCUT2D eigenvalue weighted by Gasteiger charge is 2.27. The average molecular weight is 775 g/mol. The minimum absolute atomic E-state index is 0.187. The molecule has 1 unspecified atom stereocenters. The Kier molecular flexibility index (Phi) is 37.6. The third kappa shape index (κ3) is 38.5. The van der Waals surface area contributed by atoms with Gasteiger partial charge in [-0.25, -0.2) is 4.57 Å². The largest absolute Gasteiger partial charge is 0.472 e. The van der Waals surface area contributed by atoms with Gasteiger partial charge in [-0.05, 0) is 44.9 Å². The Morgan fingerprint density at radius 3 is 1.49 bits per heavy atom. The number of carbonyl (C=O) groups excluding carboxylic acids is 2. The van der Waals surface area contributed by atoms with Crippen LogP contribution in [0.15, 0.2) is 24.3 Å². The number of carbonyl (C=O) groups is 2. The first-order valence-electron chi connectivity index (χ1n) is 21.3. The van der Waals surface area contributed by atoms with E-state index in [2.05, 4.69) is 42.7 Å². The summed E-state index contributed by atoms with van der Waals surface area (Å²) >= 11 is 0. The Morgan fingerprint density at radius 1 is 0.566 bits per heavy atom. The minimum atomic E-state index is -4.61. The summed E-state index contributed by atoms with van der Waals surface area (Å²) in [5.41, 5.74) is 0. The van der Waals surface area contributed by atoms with Gasteiger partial charge in [0.25, 0.3) is 0 Å². The van der Waals surface area contributed by atoms with Crippen molar-refractivity contribution >= 4 is 19.8 Å². The van der Waals surface area contributed by atoms with E-state index in [0.29, 0.717) is 12.8 Å². The van der Waals surface area contributed by atoms with E-state index < -0.39 is 51.8 Å². The second kappa shape index (κ2) is 38.7. The second-order valence-corrected chi connectivity index (χ2v) is 15.8. The fourth-order valence-corrected chi connectivity index (χ4v) is 6.58. The Morgan fingerprint density at radius 2 is 0.981 bits per heavy atom. The summed E-state index contributed by atoms with van der Waals surface area (Å²) in [6, 6.07) is 0. The van der Waals surface area contributed by atoms with Crippen LogP contribution in [-0.2, 0) is 32.7 Å². The molecular formula is C42H79O10P. The molecule has 3 atom stereocenters. The predicted molar refractivity (Wildman–Crippen MR) is 215 cm³/mol. The summed E-state index contributed by atoms with van der Waals surface area (Å²) in [7, 11) is -4.61. The van der Waals surface area contributed by atoms with Crippen molar-refractivity contribution in [2.75, 3.05) is 26.4 Å². The molecule has 3 N–H and O–H groups in total. The van der Waals surface area contributed by atoms with Crippen LogP contribution >= 0.6 is 7.82 Å². The number of unbranched alkanes of at least 4 members (excludes halogenated alkanes) is 22. The lowest BCUT2D eigenvalue weighted by molar-refractivity contribution is -0.161. The van der Waals surface area contributed by atoms with E-state index in [1.54, 1.807) is 0 Å². The molecule has 10 nitrogen and oxygen atoms in total. The quantitative estimate of drug-likeness (QED) is 0.0238. The van der Waals surface area contributed by atoms with Crippen LogP contribution in [0.2, 0.25) is 0 Å². The third-order valence-corrected chi connectivity index (χ3v) is 10.1. The molecular weight excluding hydrogens is 695 g/mol. The van der Waals surface area contributed by atoms with E-state index >= 15 is 0 Å². The molecule has 0 aliphatic heterocycles. The summed E-state index contributed by atoms with van der Waals surface area (Å²) in [4.78, 5) is 34.9. The zero-order chi connectivity index (χ0) is 39.1. The van der Waals surface area contributed by atoms with Gasteiger partial charge in [-0.15, -0.1) is 0 Å². The molecule has 0 aromatic carbocycles. The van der Waals surface area contributed by atoms with E-state index in [1.165, 1.54) is 103 Å². The molecule has 0 spiro atoms. The summed E-state index contributed by atoms with van der Waals surface area (Å²) in [6.45, 7) is 2.35. The SMILES string of the molecule is CCCCC/C=C\C/C=C\CCCCCCCCCCCC(=O)OC[C@H](COP(=O)(O)OC[C@@H](O)CO)OC(=O)CCCCCCCCCCCCC. The van der Waals surface area contributed by atoms with Crippen LogP contribution in [0.25, 0.3) is 0 Å². The van der Waals surface area contributed by atoms with Crippen molar-refractivity contribution in [2.24, 2.45) is 0 Å². The number of hydrogen-bond acceptors (Lipinski definition) is 9. The predicted octanol–water partition coefficient (Wildman–Crippen LogP) is 11.0. The van der Waals surface area contributed by atoms with Crippen LogP contribution in [-0.4, -0.2) is 65.7 Å². The van der Waals surface area contributed by atoms with Gasteiger partial charge in [-0.3, -0.25) is 18.6 Å². The monoisotopic (exact) mass is 775 g/mol. The summed E-state index contributed by atoms with van der Waals surface area (Å²) < 4.78 is 32.6. The molecule has 0 aromatic rings. The lowest BCUT2D eigenvalue weighted by Gasteiger charge is -2.20. The molecule has 0 rings (SSSR count). The zero-order valence-electron chi connectivity index (χ0n) is 33.7. The van der Waals surface area contributed by atoms with Crippen molar-refractivity contribution in [1.82, 2.24) is 0 Å². The standard InChI is InChI=1S/C42H79O10P/c1-3-5-7-9-11-13-15-16-17-18-19-20-21-22-24-25-27-29-31-33-41(45)49-37-40(38-51-53(47,48)50-36-39(44)35-43)52-42(46)34-32-30-28-26-23-14-12-10-8-6-4-2/h11,13,16-17,39-40,43-44H,3-10,12,14-15,18-38H2,1-2H3,(H,47,48)/b13-11-,17-16-/t39-,40+/m0/s1. The van der Waals surface area contributed by atoms with Gasteiger partial charge < -0.3 is 24.6 Å². The number of allylic oxidation sites excluding steroid dienone is 4. The molecule has 0 bridgehead atoms. The highest BCUT2D eigenvalue weighted by molar-refractivity contribution is 7.47. The molecule has 0 heterocycles. The number of aliphatic hydroxyl groups excluding tert-OH is 2. The number of phosphoric ester groups is 1. The molecule has 312 valence electrons. The number of esters is 2. The van der Waals surface area contributed by atoms with Crippen molar-refractivity contribution in [3.05, 3.63) is 24.3 Å². The number of ether oxygens (including phenoxy) is 2. The molecule has 0 saturated carbocycles. The lowest BCUT2D eigenvalue weighted by atomic mass is 10.1. The molecule has 0 saturated heterocycles. The first-order chi connectivity index (χ1) is 25.7. The minimum Gasteiger partial charge on any atom is -0.462 e. The second-order valence-electron chi connectivity index (χ2n) is 14.4. The maximum Gasteiger partial charge on any atom is 0.472 e. The van der Waals surface area contributed by atoms with E-state index in [4.69, 9.17) is 19.1 Å². The molecule has 0 aliphatic carbocycles. The van der Waals surface area contributed by atoms with Gasteiger partial charge in [-0.2, -0.15) is 0 Å². The summed E-state index contributed by atoms with van der Waals surface area (Å²) in [6.07, 6.45) is 37.1. The number of aliphatic hydroxyl groups is 2. The Labute approximate surface area is 323 Å². The summed E-state index contributed by atoms with van der Waals surface area (Å²) in [5, 5.41) is 18.3. The Balaban J connectivity index is 4.23. The highest BCUT2D eigenvalue weighted by Crippen LogP contribution is 2.43. The molecule has 0 aromatic heterocycles. The van der Waals surface area contributed by atoms with Crippen LogP contribution in [0.4, 0.5) is 0 Å². The molecule has 0 radical (unpaired) electrons. The Bertz CT molecular complexity index is 941. The van der Waals surface area contributed by atoms with E-state index in [9.17, 15) is 24.2 Å².